The Balaban J connectivity index is 2.10. The van der Waals surface area contributed by atoms with Crippen molar-refractivity contribution in [3.63, 3.8) is 0 Å². The third-order valence-corrected chi connectivity index (χ3v) is 3.52. The molecule has 0 spiro atoms. The minimum absolute atomic E-state index is 0.141. The number of hydrogen-bond donors (Lipinski definition) is 0. The van der Waals surface area contributed by atoms with E-state index in [2.05, 4.69) is 53.8 Å². The Hall–Kier alpha value is -1.35. The molecule has 2 nitrogen and oxygen atoms in total. The van der Waals surface area contributed by atoms with Crippen LogP contribution in [0.25, 0.3) is 0 Å². The first-order valence-electron chi connectivity index (χ1n) is 6.29. The van der Waals surface area contributed by atoms with Crippen LogP contribution in [0.15, 0.2) is 47.1 Å². The van der Waals surface area contributed by atoms with Gasteiger partial charge in [0, 0.05) is 6.20 Å². The molecule has 100 valence electrons. The molecule has 1 aromatic carbocycles. The number of hydrogen-bond acceptors (Lipinski definition) is 2. The zero-order chi connectivity index (χ0) is 13.9. The average molecular weight is 320 g/mol. The van der Waals surface area contributed by atoms with Crippen LogP contribution in [-0.2, 0) is 12.0 Å². The SMILES string of the molecule is CC(C)(C)c1ccc(OCc2ccccn2)c(Br)c1. The van der Waals surface area contributed by atoms with Gasteiger partial charge in [0.25, 0.3) is 0 Å². The molecule has 0 aliphatic carbocycles. The highest BCUT2D eigenvalue weighted by atomic mass is 79.9. The van der Waals surface area contributed by atoms with E-state index in [4.69, 9.17) is 4.74 Å². The van der Waals surface area contributed by atoms with E-state index in [1.807, 2.05) is 24.3 Å². The molecule has 0 aliphatic heterocycles. The summed E-state index contributed by atoms with van der Waals surface area (Å²) >= 11 is 3.57. The molecule has 3 heteroatoms. The lowest BCUT2D eigenvalue weighted by Gasteiger charge is -2.20. The van der Waals surface area contributed by atoms with Crippen LogP contribution < -0.4 is 4.74 Å². The number of rotatable bonds is 3. The third-order valence-electron chi connectivity index (χ3n) is 2.90. The zero-order valence-electron chi connectivity index (χ0n) is 11.5. The van der Waals surface area contributed by atoms with Gasteiger partial charge in [-0.25, -0.2) is 0 Å². The number of aromatic nitrogens is 1. The van der Waals surface area contributed by atoms with Crippen molar-refractivity contribution in [2.24, 2.45) is 0 Å². The summed E-state index contributed by atoms with van der Waals surface area (Å²) < 4.78 is 6.76. The van der Waals surface area contributed by atoms with Crippen molar-refractivity contribution < 1.29 is 4.74 Å². The van der Waals surface area contributed by atoms with Gasteiger partial charge in [0.2, 0.25) is 0 Å². The Kier molecular flexibility index (Phi) is 4.25. The van der Waals surface area contributed by atoms with E-state index >= 15 is 0 Å². The minimum atomic E-state index is 0.141. The van der Waals surface area contributed by atoms with Crippen LogP contribution in [0.2, 0.25) is 0 Å². The van der Waals surface area contributed by atoms with Gasteiger partial charge in [0.15, 0.2) is 0 Å². The minimum Gasteiger partial charge on any atom is -0.486 e. The first kappa shape index (κ1) is 14.1. The van der Waals surface area contributed by atoms with Crippen LogP contribution in [0.5, 0.6) is 5.75 Å². The Labute approximate surface area is 123 Å². The van der Waals surface area contributed by atoms with Gasteiger partial charge in [-0.15, -0.1) is 0 Å². The number of ether oxygens (including phenoxy) is 1. The van der Waals surface area contributed by atoms with Crippen molar-refractivity contribution in [2.45, 2.75) is 32.8 Å². The molecule has 0 N–H and O–H groups in total. The monoisotopic (exact) mass is 319 g/mol. The van der Waals surface area contributed by atoms with Gasteiger partial charge >= 0.3 is 0 Å². The summed E-state index contributed by atoms with van der Waals surface area (Å²) in [5.41, 5.74) is 2.35. The number of pyridine rings is 1. The van der Waals surface area contributed by atoms with Gasteiger partial charge in [-0.05, 0) is 51.2 Å². The molecule has 1 aromatic heterocycles. The number of halogens is 1. The molecule has 2 aromatic rings. The van der Waals surface area contributed by atoms with E-state index in [0.29, 0.717) is 6.61 Å². The summed E-state index contributed by atoms with van der Waals surface area (Å²) in [6.07, 6.45) is 1.77. The second-order valence-corrected chi connectivity index (χ2v) is 6.36. The van der Waals surface area contributed by atoms with E-state index in [0.717, 1.165) is 15.9 Å². The van der Waals surface area contributed by atoms with Gasteiger partial charge < -0.3 is 4.74 Å². The summed E-state index contributed by atoms with van der Waals surface area (Å²) in [6, 6.07) is 12.1. The van der Waals surface area contributed by atoms with E-state index in [-0.39, 0.29) is 5.41 Å². The van der Waals surface area contributed by atoms with Gasteiger partial charge in [0.1, 0.15) is 12.4 Å². The molecule has 0 atom stereocenters. The largest absolute Gasteiger partial charge is 0.486 e. The van der Waals surface area contributed by atoms with Crippen LogP contribution in [-0.4, -0.2) is 4.98 Å². The molecule has 0 bridgehead atoms. The molecule has 0 saturated carbocycles. The number of benzene rings is 1. The van der Waals surface area contributed by atoms with Gasteiger partial charge in [-0.1, -0.05) is 32.9 Å². The van der Waals surface area contributed by atoms with Crippen LogP contribution in [0, 0.1) is 0 Å². The molecule has 0 amide bonds. The van der Waals surface area contributed by atoms with Crippen LogP contribution in [0.3, 0.4) is 0 Å². The second kappa shape index (κ2) is 5.74. The van der Waals surface area contributed by atoms with E-state index in [9.17, 15) is 0 Å². The molecule has 0 unspecified atom stereocenters. The fourth-order valence-corrected chi connectivity index (χ4v) is 2.21. The van der Waals surface area contributed by atoms with Crippen molar-refractivity contribution in [1.82, 2.24) is 4.98 Å². The molecule has 0 saturated heterocycles. The predicted molar refractivity (Wildman–Crippen MR) is 81.4 cm³/mol. The lowest BCUT2D eigenvalue weighted by Crippen LogP contribution is -2.11. The summed E-state index contributed by atoms with van der Waals surface area (Å²) in [5.74, 6) is 0.846. The van der Waals surface area contributed by atoms with Crippen molar-refractivity contribution in [3.8, 4) is 5.75 Å². The lowest BCUT2D eigenvalue weighted by molar-refractivity contribution is 0.299. The molecule has 1 heterocycles. The van der Waals surface area contributed by atoms with Crippen molar-refractivity contribution in [3.05, 3.63) is 58.3 Å². The van der Waals surface area contributed by atoms with Crippen LogP contribution in [0.4, 0.5) is 0 Å². The zero-order valence-corrected chi connectivity index (χ0v) is 13.1. The van der Waals surface area contributed by atoms with Gasteiger partial charge in [-0.3, -0.25) is 4.98 Å². The molecular weight excluding hydrogens is 302 g/mol. The molecule has 0 fully saturated rings. The van der Waals surface area contributed by atoms with Gasteiger partial charge in [-0.2, -0.15) is 0 Å². The van der Waals surface area contributed by atoms with Crippen molar-refractivity contribution in [1.29, 1.82) is 0 Å². The number of nitrogens with zero attached hydrogens (tertiary/aromatic N) is 1. The fraction of sp³-hybridized carbons (Fsp3) is 0.312. The van der Waals surface area contributed by atoms with E-state index in [1.165, 1.54) is 5.56 Å². The van der Waals surface area contributed by atoms with Gasteiger partial charge in [0.05, 0.1) is 10.2 Å². The highest BCUT2D eigenvalue weighted by molar-refractivity contribution is 9.10. The standard InChI is InChI=1S/C16H18BrNO/c1-16(2,3)12-7-8-15(14(17)10-12)19-11-13-6-4-5-9-18-13/h4-10H,11H2,1-3H3. The molecule has 2 rings (SSSR count). The van der Waals surface area contributed by atoms with E-state index < -0.39 is 0 Å². The molecule has 19 heavy (non-hydrogen) atoms. The lowest BCUT2D eigenvalue weighted by atomic mass is 9.87. The van der Waals surface area contributed by atoms with Crippen molar-refractivity contribution >= 4 is 15.9 Å². The smallest absolute Gasteiger partial charge is 0.134 e. The Morgan fingerprint density at radius 2 is 1.95 bits per heavy atom. The first-order chi connectivity index (χ1) is 8.97. The molecular formula is C16H18BrNO. The third kappa shape index (κ3) is 3.80. The summed E-state index contributed by atoms with van der Waals surface area (Å²) in [5, 5.41) is 0. The van der Waals surface area contributed by atoms with Crippen LogP contribution >= 0.6 is 15.9 Å². The predicted octanol–water partition coefficient (Wildman–Crippen LogP) is 4.72. The quantitative estimate of drug-likeness (QED) is 0.816. The molecule has 0 aliphatic rings. The Bertz CT molecular complexity index is 546. The topological polar surface area (TPSA) is 22.1 Å². The summed E-state index contributed by atoms with van der Waals surface area (Å²) in [7, 11) is 0. The average Bonchev–Trinajstić information content (AvgIpc) is 2.37. The highest BCUT2D eigenvalue weighted by Gasteiger charge is 2.15. The normalized spacial score (nSPS) is 11.4. The summed E-state index contributed by atoms with van der Waals surface area (Å²) in [4.78, 5) is 4.24. The second-order valence-electron chi connectivity index (χ2n) is 5.50. The fourth-order valence-electron chi connectivity index (χ4n) is 1.72. The maximum Gasteiger partial charge on any atom is 0.134 e. The maximum absolute atomic E-state index is 5.78. The Morgan fingerprint density at radius 3 is 2.53 bits per heavy atom. The maximum atomic E-state index is 5.78. The highest BCUT2D eigenvalue weighted by Crippen LogP contribution is 2.31. The van der Waals surface area contributed by atoms with Crippen LogP contribution in [0.1, 0.15) is 32.0 Å². The van der Waals surface area contributed by atoms with Crippen molar-refractivity contribution in [2.75, 3.05) is 0 Å². The molecule has 0 radical (unpaired) electrons. The summed E-state index contributed by atoms with van der Waals surface area (Å²) in [6.45, 7) is 7.07. The van der Waals surface area contributed by atoms with E-state index in [1.54, 1.807) is 6.20 Å². The first-order valence-corrected chi connectivity index (χ1v) is 7.09. The Morgan fingerprint density at radius 1 is 1.16 bits per heavy atom.